The van der Waals surface area contributed by atoms with Gasteiger partial charge in [-0.1, -0.05) is 23.2 Å². The van der Waals surface area contributed by atoms with Crippen molar-refractivity contribution in [3.05, 3.63) is 43.6 Å². The maximum atomic E-state index is 12.3. The van der Waals surface area contributed by atoms with Crippen LogP contribution in [0.1, 0.15) is 39.5 Å². The first-order chi connectivity index (χ1) is 13.1. The van der Waals surface area contributed by atoms with E-state index in [1.165, 1.54) is 36.5 Å². The largest absolute Gasteiger partial charge is 0.506 e. The molecule has 1 heterocycles. The number of benzene rings is 1. The molecule has 1 atom stereocenters. The van der Waals surface area contributed by atoms with E-state index in [0.717, 1.165) is 4.88 Å². The Morgan fingerprint density at radius 2 is 1.93 bits per heavy atom. The van der Waals surface area contributed by atoms with E-state index < -0.39 is 17.9 Å². The second kappa shape index (κ2) is 9.27. The third-order valence-electron chi connectivity index (χ3n) is 3.85. The number of Topliss-reactive ketones (excluding diaryl/α,β-unsaturated/α-hetero) is 1. The van der Waals surface area contributed by atoms with Crippen molar-refractivity contribution in [3.63, 3.8) is 0 Å². The number of nitrogen functional groups attached to an aromatic ring is 1. The molecule has 2 aromatic rings. The van der Waals surface area contributed by atoms with Crippen molar-refractivity contribution >= 4 is 57.8 Å². The van der Waals surface area contributed by atoms with E-state index >= 15 is 0 Å². The minimum Gasteiger partial charge on any atom is -0.506 e. The molecule has 0 aliphatic carbocycles. The lowest BCUT2D eigenvalue weighted by Gasteiger charge is -2.20. The van der Waals surface area contributed by atoms with Gasteiger partial charge >= 0.3 is 0 Å². The Hall–Kier alpha value is -2.29. The molecule has 28 heavy (non-hydrogen) atoms. The molecule has 150 valence electrons. The van der Waals surface area contributed by atoms with E-state index in [4.69, 9.17) is 28.9 Å². The van der Waals surface area contributed by atoms with Crippen molar-refractivity contribution < 1.29 is 19.5 Å². The van der Waals surface area contributed by atoms with Crippen molar-refractivity contribution in [2.24, 2.45) is 0 Å². The monoisotopic (exact) mass is 443 g/mol. The maximum Gasteiger partial charge on any atom is 0.261 e. The standard InChI is InChI=1S/C18H19Cl2N3O4S/c1-8(24)3-14(11-4-10(19)5-12(20)17(11)26)23-16(25)7-22-18(27)15-6-13(21)9(2)28-15/h4-6,14,26H,3,7,21H2,1-2H3,(H,22,27)(H,23,25)/t14-/m0/s1. The summed E-state index contributed by atoms with van der Waals surface area (Å²) < 4.78 is 0. The van der Waals surface area contributed by atoms with Crippen LogP contribution in [0.4, 0.5) is 5.69 Å². The molecule has 0 radical (unpaired) electrons. The van der Waals surface area contributed by atoms with E-state index in [2.05, 4.69) is 10.6 Å². The fourth-order valence-electron chi connectivity index (χ4n) is 2.48. The summed E-state index contributed by atoms with van der Waals surface area (Å²) in [6, 6.07) is 3.46. The molecule has 0 bridgehead atoms. The van der Waals surface area contributed by atoms with Gasteiger partial charge in [0, 0.05) is 27.6 Å². The zero-order chi connectivity index (χ0) is 21.0. The van der Waals surface area contributed by atoms with E-state index in [-0.39, 0.29) is 40.1 Å². The Morgan fingerprint density at radius 1 is 1.25 bits per heavy atom. The van der Waals surface area contributed by atoms with Gasteiger partial charge in [-0.2, -0.15) is 0 Å². The molecule has 10 heteroatoms. The molecule has 2 amide bonds. The van der Waals surface area contributed by atoms with Gasteiger partial charge in [0.2, 0.25) is 5.91 Å². The number of carbonyl (C=O) groups excluding carboxylic acids is 3. The first kappa shape index (κ1) is 22.0. The van der Waals surface area contributed by atoms with Crippen LogP contribution in [0.3, 0.4) is 0 Å². The Balaban J connectivity index is 2.09. The second-order valence-corrected chi connectivity index (χ2v) is 8.26. The molecule has 7 nitrogen and oxygen atoms in total. The maximum absolute atomic E-state index is 12.3. The number of phenols is 1. The lowest BCUT2D eigenvalue weighted by atomic mass is 10.0. The first-order valence-electron chi connectivity index (χ1n) is 8.19. The number of nitrogens with two attached hydrogens (primary N) is 1. The molecule has 0 saturated carbocycles. The van der Waals surface area contributed by atoms with Crippen molar-refractivity contribution in [2.45, 2.75) is 26.3 Å². The number of phenolic OH excluding ortho intramolecular Hbond substituents is 1. The van der Waals surface area contributed by atoms with Gasteiger partial charge < -0.3 is 21.5 Å². The number of halogens is 2. The Kier molecular flexibility index (Phi) is 7.29. The van der Waals surface area contributed by atoms with Gasteiger partial charge in [-0.05, 0) is 32.0 Å². The lowest BCUT2D eigenvalue weighted by molar-refractivity contribution is -0.121. The fourth-order valence-corrected chi connectivity index (χ4v) is 3.85. The van der Waals surface area contributed by atoms with Gasteiger partial charge in [-0.15, -0.1) is 11.3 Å². The third kappa shape index (κ3) is 5.60. The number of rotatable bonds is 7. The van der Waals surface area contributed by atoms with Crippen LogP contribution in [0, 0.1) is 6.92 Å². The number of nitrogens with one attached hydrogen (secondary N) is 2. The highest BCUT2D eigenvalue weighted by Crippen LogP contribution is 2.36. The van der Waals surface area contributed by atoms with Gasteiger partial charge in [-0.3, -0.25) is 14.4 Å². The van der Waals surface area contributed by atoms with Gasteiger partial charge in [0.05, 0.1) is 22.5 Å². The molecule has 2 rings (SSSR count). The highest BCUT2D eigenvalue weighted by atomic mass is 35.5. The van der Waals surface area contributed by atoms with Crippen molar-refractivity contribution in [1.82, 2.24) is 10.6 Å². The summed E-state index contributed by atoms with van der Waals surface area (Å²) in [5, 5.41) is 15.5. The van der Waals surface area contributed by atoms with E-state index in [1.54, 1.807) is 6.92 Å². The molecule has 1 aromatic carbocycles. The summed E-state index contributed by atoms with van der Waals surface area (Å²) in [4.78, 5) is 37.2. The van der Waals surface area contributed by atoms with Crippen LogP contribution < -0.4 is 16.4 Å². The number of hydrogen-bond acceptors (Lipinski definition) is 6. The number of carbonyl (C=O) groups is 3. The molecule has 0 saturated heterocycles. The van der Waals surface area contributed by atoms with E-state index in [9.17, 15) is 19.5 Å². The van der Waals surface area contributed by atoms with Crippen molar-refractivity contribution in [3.8, 4) is 5.75 Å². The molecular weight excluding hydrogens is 425 g/mol. The zero-order valence-electron chi connectivity index (χ0n) is 15.1. The minimum absolute atomic E-state index is 0.00394. The number of amides is 2. The smallest absolute Gasteiger partial charge is 0.261 e. The topological polar surface area (TPSA) is 122 Å². The van der Waals surface area contributed by atoms with Crippen LogP contribution in [0.25, 0.3) is 0 Å². The molecule has 5 N–H and O–H groups in total. The SMILES string of the molecule is CC(=O)C[C@H](NC(=O)CNC(=O)c1cc(N)c(C)s1)c1cc(Cl)cc(Cl)c1O. The Labute approximate surface area is 175 Å². The molecule has 0 aliphatic heterocycles. The lowest BCUT2D eigenvalue weighted by Crippen LogP contribution is -2.39. The van der Waals surface area contributed by atoms with Crippen LogP contribution in [-0.2, 0) is 9.59 Å². The highest BCUT2D eigenvalue weighted by molar-refractivity contribution is 7.14. The number of aromatic hydroxyl groups is 1. The van der Waals surface area contributed by atoms with Crippen LogP contribution >= 0.6 is 34.5 Å². The Bertz CT molecular complexity index is 910. The molecule has 1 aromatic heterocycles. The summed E-state index contributed by atoms with van der Waals surface area (Å²) in [6.07, 6.45) is -0.0788. The number of thiophene rings is 1. The third-order valence-corrected chi connectivity index (χ3v) is 5.42. The molecule has 0 fully saturated rings. The first-order valence-corrected chi connectivity index (χ1v) is 9.76. The van der Waals surface area contributed by atoms with Gasteiger partial charge in [0.25, 0.3) is 5.91 Å². The normalized spacial score (nSPS) is 11.7. The van der Waals surface area contributed by atoms with Crippen LogP contribution in [0.2, 0.25) is 10.0 Å². The van der Waals surface area contributed by atoms with Gasteiger partial charge in [0.15, 0.2) is 0 Å². The molecule has 0 aliphatic rings. The molecular formula is C18H19Cl2N3O4S. The average molecular weight is 444 g/mol. The fraction of sp³-hybridized carbons (Fsp3) is 0.278. The number of hydrogen-bond donors (Lipinski definition) is 4. The van der Waals surface area contributed by atoms with Gasteiger partial charge in [-0.25, -0.2) is 0 Å². The predicted octanol–water partition coefficient (Wildman–Crippen LogP) is 3.22. The van der Waals surface area contributed by atoms with Gasteiger partial charge in [0.1, 0.15) is 11.5 Å². The summed E-state index contributed by atoms with van der Waals surface area (Å²) in [5.74, 6) is -1.46. The average Bonchev–Trinajstić information content (AvgIpc) is 2.94. The quantitative estimate of drug-likeness (QED) is 0.523. The zero-order valence-corrected chi connectivity index (χ0v) is 17.5. The van der Waals surface area contributed by atoms with Crippen LogP contribution in [0.15, 0.2) is 18.2 Å². The predicted molar refractivity (Wildman–Crippen MR) is 110 cm³/mol. The summed E-state index contributed by atoms with van der Waals surface area (Å²) in [5.41, 5.74) is 6.45. The van der Waals surface area contributed by atoms with Crippen molar-refractivity contribution in [2.75, 3.05) is 12.3 Å². The summed E-state index contributed by atoms with van der Waals surface area (Å²) in [6.45, 7) is 2.82. The molecule has 0 unspecified atom stereocenters. The number of aryl methyl sites for hydroxylation is 1. The Morgan fingerprint density at radius 3 is 2.50 bits per heavy atom. The summed E-state index contributed by atoms with van der Waals surface area (Å²) >= 11 is 13.1. The van der Waals surface area contributed by atoms with Crippen LogP contribution in [-0.4, -0.2) is 29.2 Å². The second-order valence-electron chi connectivity index (χ2n) is 6.16. The number of anilines is 1. The molecule has 0 spiro atoms. The van der Waals surface area contributed by atoms with E-state index in [0.29, 0.717) is 10.6 Å². The summed E-state index contributed by atoms with van der Waals surface area (Å²) in [7, 11) is 0. The minimum atomic E-state index is -0.849. The number of ketones is 1. The van der Waals surface area contributed by atoms with Crippen molar-refractivity contribution in [1.29, 1.82) is 0 Å². The van der Waals surface area contributed by atoms with Crippen LogP contribution in [0.5, 0.6) is 5.75 Å². The van der Waals surface area contributed by atoms with E-state index in [1.807, 2.05) is 0 Å². The highest BCUT2D eigenvalue weighted by Gasteiger charge is 2.22.